The Hall–Kier alpha value is -1.63. The van der Waals surface area contributed by atoms with Crippen molar-refractivity contribution in [3.05, 3.63) is 35.9 Å². The van der Waals surface area contributed by atoms with E-state index in [-0.39, 0.29) is 0 Å². The van der Waals surface area contributed by atoms with Gasteiger partial charge in [0.1, 0.15) is 0 Å². The van der Waals surface area contributed by atoms with Gasteiger partial charge in [-0.15, -0.1) is 0 Å². The third-order valence-electron chi connectivity index (χ3n) is 4.98. The molecule has 1 fully saturated rings. The predicted octanol–water partition coefficient (Wildman–Crippen LogP) is 1.96. The lowest BCUT2D eigenvalue weighted by atomic mass is 10.0. The number of rotatable bonds is 10. The average Bonchev–Trinajstić information content (AvgIpc) is 2.71. The molecule has 1 unspecified atom stereocenters. The standard InChI is InChI=1S/C21H37N5O/c1-4-27-17-9-13-24-21(22-2)23-12-8-14-26-16-15-25(3)18-20(26)19-10-6-5-7-11-19/h5-7,10-11,20H,4,8-9,12-18H2,1-3H3,(H2,22,23,24). The fraction of sp³-hybridized carbons (Fsp3) is 0.667. The van der Waals surface area contributed by atoms with Crippen molar-refractivity contribution in [3.63, 3.8) is 0 Å². The van der Waals surface area contributed by atoms with Crippen molar-refractivity contribution in [2.45, 2.75) is 25.8 Å². The summed E-state index contributed by atoms with van der Waals surface area (Å²) in [5, 5.41) is 6.77. The van der Waals surface area contributed by atoms with Gasteiger partial charge in [-0.25, -0.2) is 0 Å². The summed E-state index contributed by atoms with van der Waals surface area (Å²) in [5.74, 6) is 0.879. The molecule has 1 saturated heterocycles. The van der Waals surface area contributed by atoms with Crippen LogP contribution in [0.4, 0.5) is 0 Å². The van der Waals surface area contributed by atoms with Gasteiger partial charge in [0.2, 0.25) is 0 Å². The number of nitrogens with one attached hydrogen (secondary N) is 2. The summed E-state index contributed by atoms with van der Waals surface area (Å²) in [4.78, 5) is 9.35. The van der Waals surface area contributed by atoms with Crippen molar-refractivity contribution in [2.75, 3.05) is 66.6 Å². The Labute approximate surface area is 165 Å². The highest BCUT2D eigenvalue weighted by atomic mass is 16.5. The zero-order chi connectivity index (χ0) is 19.3. The lowest BCUT2D eigenvalue weighted by molar-refractivity contribution is 0.0891. The smallest absolute Gasteiger partial charge is 0.190 e. The van der Waals surface area contributed by atoms with Gasteiger partial charge in [0.25, 0.3) is 0 Å². The minimum atomic E-state index is 0.487. The first-order valence-electron chi connectivity index (χ1n) is 10.2. The summed E-state index contributed by atoms with van der Waals surface area (Å²) in [6.45, 7) is 9.88. The topological polar surface area (TPSA) is 52.1 Å². The number of benzene rings is 1. The molecule has 0 bridgehead atoms. The number of hydrogen-bond donors (Lipinski definition) is 2. The van der Waals surface area contributed by atoms with Gasteiger partial charge in [-0.2, -0.15) is 0 Å². The van der Waals surface area contributed by atoms with Crippen LogP contribution in [0.15, 0.2) is 35.3 Å². The van der Waals surface area contributed by atoms with E-state index in [9.17, 15) is 0 Å². The summed E-state index contributed by atoms with van der Waals surface area (Å²) >= 11 is 0. The summed E-state index contributed by atoms with van der Waals surface area (Å²) < 4.78 is 5.36. The van der Waals surface area contributed by atoms with E-state index in [0.717, 1.165) is 71.3 Å². The maximum absolute atomic E-state index is 5.36. The number of hydrogen-bond acceptors (Lipinski definition) is 4. The maximum Gasteiger partial charge on any atom is 0.190 e. The molecular weight excluding hydrogens is 338 g/mol. The van der Waals surface area contributed by atoms with E-state index in [1.54, 1.807) is 0 Å². The van der Waals surface area contributed by atoms with Gasteiger partial charge in [0.15, 0.2) is 5.96 Å². The molecule has 1 aromatic carbocycles. The Morgan fingerprint density at radius 1 is 1.15 bits per heavy atom. The second-order valence-corrected chi connectivity index (χ2v) is 7.05. The Balaban J connectivity index is 1.71. The molecule has 0 aliphatic carbocycles. The molecule has 0 saturated carbocycles. The average molecular weight is 376 g/mol. The SMILES string of the molecule is CCOCCCNC(=NC)NCCCN1CCN(C)CC1c1ccccc1. The predicted molar refractivity (Wildman–Crippen MR) is 113 cm³/mol. The largest absolute Gasteiger partial charge is 0.382 e. The minimum absolute atomic E-state index is 0.487. The molecule has 0 aromatic heterocycles. The van der Waals surface area contributed by atoms with Gasteiger partial charge in [0, 0.05) is 65.6 Å². The van der Waals surface area contributed by atoms with Crippen molar-refractivity contribution in [1.82, 2.24) is 20.4 Å². The third-order valence-corrected chi connectivity index (χ3v) is 4.98. The van der Waals surface area contributed by atoms with Crippen LogP contribution in [0.3, 0.4) is 0 Å². The van der Waals surface area contributed by atoms with Gasteiger partial charge in [-0.05, 0) is 32.4 Å². The molecule has 0 amide bonds. The third kappa shape index (κ3) is 7.87. The molecule has 6 heteroatoms. The number of piperazine rings is 1. The molecule has 0 spiro atoms. The van der Waals surface area contributed by atoms with Gasteiger partial charge < -0.3 is 20.3 Å². The second kappa shape index (κ2) is 12.7. The van der Waals surface area contributed by atoms with Gasteiger partial charge in [-0.1, -0.05) is 30.3 Å². The van der Waals surface area contributed by atoms with Crippen LogP contribution < -0.4 is 10.6 Å². The first-order valence-corrected chi connectivity index (χ1v) is 10.2. The molecule has 27 heavy (non-hydrogen) atoms. The zero-order valence-corrected chi connectivity index (χ0v) is 17.3. The first kappa shape index (κ1) is 21.7. The molecule has 2 rings (SSSR count). The molecule has 1 aliphatic heterocycles. The minimum Gasteiger partial charge on any atom is -0.382 e. The van der Waals surface area contributed by atoms with E-state index in [1.807, 2.05) is 14.0 Å². The van der Waals surface area contributed by atoms with Crippen LogP contribution >= 0.6 is 0 Å². The highest BCUT2D eigenvalue weighted by Gasteiger charge is 2.25. The molecule has 1 atom stereocenters. The molecule has 0 radical (unpaired) electrons. The highest BCUT2D eigenvalue weighted by molar-refractivity contribution is 5.79. The Kier molecular flexibility index (Phi) is 10.2. The molecule has 6 nitrogen and oxygen atoms in total. The lowest BCUT2D eigenvalue weighted by Crippen LogP contribution is -2.47. The monoisotopic (exact) mass is 375 g/mol. The Morgan fingerprint density at radius 2 is 1.89 bits per heavy atom. The van der Waals surface area contributed by atoms with E-state index in [4.69, 9.17) is 4.74 Å². The Morgan fingerprint density at radius 3 is 2.59 bits per heavy atom. The maximum atomic E-state index is 5.36. The molecule has 1 heterocycles. The van der Waals surface area contributed by atoms with E-state index in [1.165, 1.54) is 5.56 Å². The normalized spacial score (nSPS) is 19.2. The van der Waals surface area contributed by atoms with Gasteiger partial charge in [0.05, 0.1) is 0 Å². The van der Waals surface area contributed by atoms with Crippen molar-refractivity contribution in [3.8, 4) is 0 Å². The van der Waals surface area contributed by atoms with Crippen molar-refractivity contribution in [1.29, 1.82) is 0 Å². The molecule has 1 aromatic rings. The lowest BCUT2D eigenvalue weighted by Gasteiger charge is -2.40. The summed E-state index contributed by atoms with van der Waals surface area (Å²) in [6.07, 6.45) is 2.10. The molecular formula is C21H37N5O. The van der Waals surface area contributed by atoms with Crippen LogP contribution in [-0.4, -0.2) is 82.3 Å². The molecule has 2 N–H and O–H groups in total. The van der Waals surface area contributed by atoms with Crippen LogP contribution in [0.5, 0.6) is 0 Å². The fourth-order valence-electron chi connectivity index (χ4n) is 3.45. The van der Waals surface area contributed by atoms with Crippen molar-refractivity contribution < 1.29 is 4.74 Å². The quantitative estimate of drug-likeness (QED) is 0.372. The number of guanidine groups is 1. The summed E-state index contributed by atoms with van der Waals surface area (Å²) in [7, 11) is 4.04. The summed E-state index contributed by atoms with van der Waals surface area (Å²) in [5.41, 5.74) is 1.42. The molecule has 152 valence electrons. The van der Waals surface area contributed by atoms with Crippen LogP contribution in [-0.2, 0) is 4.74 Å². The van der Waals surface area contributed by atoms with Crippen LogP contribution in [0.2, 0.25) is 0 Å². The zero-order valence-electron chi connectivity index (χ0n) is 17.3. The van der Waals surface area contributed by atoms with E-state index >= 15 is 0 Å². The Bertz CT molecular complexity index is 537. The van der Waals surface area contributed by atoms with Gasteiger partial charge in [-0.3, -0.25) is 9.89 Å². The van der Waals surface area contributed by atoms with Gasteiger partial charge >= 0.3 is 0 Å². The van der Waals surface area contributed by atoms with Crippen LogP contribution in [0, 0.1) is 0 Å². The molecule has 1 aliphatic rings. The van der Waals surface area contributed by atoms with E-state index < -0.39 is 0 Å². The van der Waals surface area contributed by atoms with E-state index in [2.05, 4.69) is 62.8 Å². The highest BCUT2D eigenvalue weighted by Crippen LogP contribution is 2.24. The number of likely N-dealkylation sites (N-methyl/N-ethyl adjacent to an activating group) is 1. The number of aliphatic imine (C=N–C) groups is 1. The number of ether oxygens (including phenoxy) is 1. The van der Waals surface area contributed by atoms with Crippen molar-refractivity contribution >= 4 is 5.96 Å². The second-order valence-electron chi connectivity index (χ2n) is 7.05. The van der Waals surface area contributed by atoms with Crippen LogP contribution in [0.1, 0.15) is 31.4 Å². The van der Waals surface area contributed by atoms with Crippen LogP contribution in [0.25, 0.3) is 0 Å². The first-order chi connectivity index (χ1) is 13.2. The fourth-order valence-corrected chi connectivity index (χ4v) is 3.45. The van der Waals surface area contributed by atoms with E-state index in [0.29, 0.717) is 6.04 Å². The number of nitrogens with zero attached hydrogens (tertiary/aromatic N) is 3. The van der Waals surface area contributed by atoms with Crippen molar-refractivity contribution in [2.24, 2.45) is 4.99 Å². The summed E-state index contributed by atoms with van der Waals surface area (Å²) in [6, 6.07) is 11.4.